The monoisotopic (exact) mass is 175 g/mol. The maximum absolute atomic E-state index is 5.68. The molecule has 3 nitrogen and oxygen atoms in total. The van der Waals surface area contributed by atoms with Crippen LogP contribution in [0, 0.1) is 0 Å². The first-order valence-corrected chi connectivity index (χ1v) is 4.28. The van der Waals surface area contributed by atoms with Crippen molar-refractivity contribution in [3.63, 3.8) is 0 Å². The molecule has 1 aromatic rings. The van der Waals surface area contributed by atoms with Crippen molar-refractivity contribution in [2.75, 3.05) is 5.32 Å². The van der Waals surface area contributed by atoms with E-state index in [1.54, 1.807) is 6.26 Å². The van der Waals surface area contributed by atoms with Gasteiger partial charge in [-0.2, -0.15) is 0 Å². The number of ether oxygens (including phenoxy) is 2. The Balaban J connectivity index is 2.00. The summed E-state index contributed by atoms with van der Waals surface area (Å²) in [6, 6.07) is 7.86. The fourth-order valence-electron chi connectivity index (χ4n) is 1.59. The Morgan fingerprint density at radius 2 is 2.15 bits per heavy atom. The van der Waals surface area contributed by atoms with E-state index in [0.717, 1.165) is 11.4 Å². The number of hydrogen-bond donors (Lipinski definition) is 1. The maximum atomic E-state index is 5.68. The van der Waals surface area contributed by atoms with Crippen LogP contribution in [-0.4, -0.2) is 12.3 Å². The summed E-state index contributed by atoms with van der Waals surface area (Å²) < 4.78 is 11.0. The summed E-state index contributed by atoms with van der Waals surface area (Å²) in [6.45, 7) is 0. The highest BCUT2D eigenvalue weighted by molar-refractivity contribution is 5.58. The van der Waals surface area contributed by atoms with Crippen molar-refractivity contribution in [2.45, 2.75) is 12.3 Å². The van der Waals surface area contributed by atoms with Crippen LogP contribution in [0.2, 0.25) is 0 Å². The molecule has 13 heavy (non-hydrogen) atoms. The first-order chi connectivity index (χ1) is 6.43. The summed E-state index contributed by atoms with van der Waals surface area (Å²) >= 11 is 0. The van der Waals surface area contributed by atoms with Crippen molar-refractivity contribution in [3.05, 3.63) is 36.6 Å². The summed E-state index contributed by atoms with van der Waals surface area (Å²) in [5.41, 5.74) is 0.993. The molecule has 0 fully saturated rings. The molecule has 3 heteroatoms. The van der Waals surface area contributed by atoms with E-state index < -0.39 is 0 Å². The van der Waals surface area contributed by atoms with Crippen molar-refractivity contribution in [2.24, 2.45) is 0 Å². The van der Waals surface area contributed by atoms with Gasteiger partial charge in [-0.25, -0.2) is 0 Å². The van der Waals surface area contributed by atoms with Gasteiger partial charge in [0.25, 0.3) is 0 Å². The molecule has 0 bridgehead atoms. The summed E-state index contributed by atoms with van der Waals surface area (Å²) in [4.78, 5) is 0. The highest BCUT2D eigenvalue weighted by atomic mass is 16.6. The van der Waals surface area contributed by atoms with E-state index in [-0.39, 0.29) is 12.3 Å². The lowest BCUT2D eigenvalue weighted by Gasteiger charge is -2.28. The molecule has 2 aliphatic rings. The van der Waals surface area contributed by atoms with Gasteiger partial charge in [0.05, 0.1) is 11.9 Å². The molecule has 0 saturated heterocycles. The molecule has 0 radical (unpaired) electrons. The van der Waals surface area contributed by atoms with E-state index in [1.807, 2.05) is 30.3 Å². The Labute approximate surface area is 76.0 Å². The molecule has 1 N–H and O–H groups in total. The molecule has 1 aromatic carbocycles. The van der Waals surface area contributed by atoms with Gasteiger partial charge in [0.2, 0.25) is 6.23 Å². The lowest BCUT2D eigenvalue weighted by molar-refractivity contribution is 0.0879. The highest BCUT2D eigenvalue weighted by Crippen LogP contribution is 2.33. The van der Waals surface area contributed by atoms with Crippen LogP contribution in [-0.2, 0) is 4.74 Å². The number of benzene rings is 1. The van der Waals surface area contributed by atoms with Crippen LogP contribution >= 0.6 is 0 Å². The predicted molar refractivity (Wildman–Crippen MR) is 48.5 cm³/mol. The van der Waals surface area contributed by atoms with Gasteiger partial charge in [-0.1, -0.05) is 12.1 Å². The van der Waals surface area contributed by atoms with E-state index in [2.05, 4.69) is 5.32 Å². The van der Waals surface area contributed by atoms with Gasteiger partial charge in [0, 0.05) is 0 Å². The average Bonchev–Trinajstić information content (AvgIpc) is 2.61. The van der Waals surface area contributed by atoms with E-state index in [0.29, 0.717) is 0 Å². The molecule has 2 unspecified atom stereocenters. The zero-order chi connectivity index (χ0) is 8.67. The third kappa shape index (κ3) is 0.967. The number of anilines is 1. The SMILES string of the molecule is C1=CC2Oc3ccccc3NC2O1. The first-order valence-electron chi connectivity index (χ1n) is 4.28. The van der Waals surface area contributed by atoms with Crippen LogP contribution in [0.25, 0.3) is 0 Å². The van der Waals surface area contributed by atoms with Gasteiger partial charge in [-0.3, -0.25) is 0 Å². The molecule has 2 aliphatic heterocycles. The fourth-order valence-corrected chi connectivity index (χ4v) is 1.59. The first kappa shape index (κ1) is 6.83. The zero-order valence-electron chi connectivity index (χ0n) is 6.94. The largest absolute Gasteiger partial charge is 0.478 e. The smallest absolute Gasteiger partial charge is 0.210 e. The molecule has 0 spiro atoms. The Bertz CT molecular complexity index is 362. The van der Waals surface area contributed by atoms with Crippen LogP contribution < -0.4 is 10.1 Å². The lowest BCUT2D eigenvalue weighted by atomic mass is 10.2. The normalized spacial score (nSPS) is 28.0. The second-order valence-corrected chi connectivity index (χ2v) is 3.11. The quantitative estimate of drug-likeness (QED) is 0.651. The van der Waals surface area contributed by atoms with E-state index in [4.69, 9.17) is 9.47 Å². The maximum Gasteiger partial charge on any atom is 0.210 e. The van der Waals surface area contributed by atoms with Crippen molar-refractivity contribution < 1.29 is 9.47 Å². The van der Waals surface area contributed by atoms with Crippen molar-refractivity contribution in [3.8, 4) is 5.75 Å². The topological polar surface area (TPSA) is 30.5 Å². The Morgan fingerprint density at radius 3 is 3.15 bits per heavy atom. The molecule has 0 saturated carbocycles. The third-order valence-corrected chi connectivity index (χ3v) is 2.24. The van der Waals surface area contributed by atoms with Gasteiger partial charge in [-0.15, -0.1) is 0 Å². The van der Waals surface area contributed by atoms with Crippen molar-refractivity contribution in [1.29, 1.82) is 0 Å². The van der Waals surface area contributed by atoms with Crippen LogP contribution in [0.15, 0.2) is 36.6 Å². The minimum Gasteiger partial charge on any atom is -0.478 e. The Morgan fingerprint density at radius 1 is 1.23 bits per heavy atom. The van der Waals surface area contributed by atoms with Crippen molar-refractivity contribution >= 4 is 5.69 Å². The Kier molecular flexibility index (Phi) is 1.27. The second kappa shape index (κ2) is 2.42. The average molecular weight is 175 g/mol. The number of rotatable bonds is 0. The predicted octanol–water partition coefficient (Wildman–Crippen LogP) is 1.73. The summed E-state index contributed by atoms with van der Waals surface area (Å²) in [5, 5.41) is 3.25. The summed E-state index contributed by atoms with van der Waals surface area (Å²) in [6.07, 6.45) is 3.53. The van der Waals surface area contributed by atoms with Crippen LogP contribution in [0.5, 0.6) is 5.75 Å². The minimum absolute atomic E-state index is 0.00917. The highest BCUT2D eigenvalue weighted by Gasteiger charge is 2.31. The molecule has 66 valence electrons. The van der Waals surface area contributed by atoms with E-state index >= 15 is 0 Å². The Hall–Kier alpha value is -1.64. The molecule has 2 atom stereocenters. The number of nitrogens with one attached hydrogen (secondary N) is 1. The van der Waals surface area contributed by atoms with E-state index in [9.17, 15) is 0 Å². The van der Waals surface area contributed by atoms with Crippen LogP contribution in [0.1, 0.15) is 0 Å². The van der Waals surface area contributed by atoms with Gasteiger partial charge in [0.1, 0.15) is 5.75 Å². The minimum atomic E-state index is -0.0603. The van der Waals surface area contributed by atoms with Crippen LogP contribution in [0.4, 0.5) is 5.69 Å². The van der Waals surface area contributed by atoms with Crippen LogP contribution in [0.3, 0.4) is 0 Å². The van der Waals surface area contributed by atoms with Gasteiger partial charge in [-0.05, 0) is 18.2 Å². The fraction of sp³-hybridized carbons (Fsp3) is 0.200. The third-order valence-electron chi connectivity index (χ3n) is 2.24. The standard InChI is InChI=1S/C10H9NO2/c1-2-4-8-7(3-1)11-10-9(13-8)5-6-12-10/h1-6,9-11H. The number of para-hydroxylation sites is 2. The van der Waals surface area contributed by atoms with E-state index in [1.165, 1.54) is 0 Å². The zero-order valence-corrected chi connectivity index (χ0v) is 6.94. The molecule has 0 aliphatic carbocycles. The number of hydrogen-bond acceptors (Lipinski definition) is 3. The summed E-state index contributed by atoms with van der Waals surface area (Å²) in [7, 11) is 0. The van der Waals surface area contributed by atoms with Gasteiger partial charge in [0.15, 0.2) is 6.10 Å². The second-order valence-electron chi connectivity index (χ2n) is 3.11. The van der Waals surface area contributed by atoms with Crippen molar-refractivity contribution in [1.82, 2.24) is 0 Å². The number of fused-ring (bicyclic) bond motifs is 2. The molecule has 0 amide bonds. The molecular weight excluding hydrogens is 166 g/mol. The molecule has 0 aromatic heterocycles. The lowest BCUT2D eigenvalue weighted by Crippen LogP contribution is -2.38. The molecule has 3 rings (SSSR count). The summed E-state index contributed by atoms with van der Waals surface area (Å²) in [5.74, 6) is 0.888. The van der Waals surface area contributed by atoms with Gasteiger partial charge >= 0.3 is 0 Å². The molecule has 2 heterocycles. The van der Waals surface area contributed by atoms with Gasteiger partial charge < -0.3 is 14.8 Å². The molecular formula is C10H9NO2.